The van der Waals surface area contributed by atoms with E-state index in [4.69, 9.17) is 0 Å². The molecular weight excluding hydrogens is 196 g/mol. The van der Waals surface area contributed by atoms with Crippen LogP contribution >= 0.6 is 0 Å². The molecule has 1 rings (SSSR count). The molecule has 1 fully saturated rings. The molecule has 0 amide bonds. The van der Waals surface area contributed by atoms with Crippen molar-refractivity contribution in [2.24, 2.45) is 5.41 Å². The number of rotatable bonds is 9. The van der Waals surface area contributed by atoms with E-state index in [-0.39, 0.29) is 0 Å². The van der Waals surface area contributed by atoms with Crippen molar-refractivity contribution in [2.75, 3.05) is 26.2 Å². The van der Waals surface area contributed by atoms with Crippen molar-refractivity contribution < 1.29 is 0 Å². The molecule has 0 spiro atoms. The second-order valence-corrected chi connectivity index (χ2v) is 5.59. The van der Waals surface area contributed by atoms with Gasteiger partial charge >= 0.3 is 0 Å². The SMILES string of the molecule is C=CCN(CC=C)CC(C)(C)CNC1CC1. The summed E-state index contributed by atoms with van der Waals surface area (Å²) in [5, 5.41) is 3.61. The highest BCUT2D eigenvalue weighted by Gasteiger charge is 2.26. The minimum atomic E-state index is 0.314. The van der Waals surface area contributed by atoms with E-state index in [2.05, 4.69) is 37.2 Å². The van der Waals surface area contributed by atoms with E-state index in [1.54, 1.807) is 0 Å². The van der Waals surface area contributed by atoms with Crippen molar-refractivity contribution in [2.45, 2.75) is 32.7 Å². The molecule has 0 unspecified atom stereocenters. The molecule has 0 saturated heterocycles. The van der Waals surface area contributed by atoms with Gasteiger partial charge in [0.25, 0.3) is 0 Å². The Labute approximate surface area is 100 Å². The molecule has 0 aromatic carbocycles. The maximum Gasteiger partial charge on any atom is 0.0164 e. The molecule has 2 heteroatoms. The summed E-state index contributed by atoms with van der Waals surface area (Å²) in [4.78, 5) is 2.38. The lowest BCUT2D eigenvalue weighted by molar-refractivity contribution is 0.202. The minimum Gasteiger partial charge on any atom is -0.313 e. The summed E-state index contributed by atoms with van der Waals surface area (Å²) in [6, 6.07) is 0.798. The Morgan fingerprint density at radius 1 is 1.25 bits per heavy atom. The first kappa shape index (κ1) is 13.5. The number of hydrogen-bond acceptors (Lipinski definition) is 2. The molecule has 0 radical (unpaired) electrons. The molecule has 0 heterocycles. The third kappa shape index (κ3) is 5.47. The Morgan fingerprint density at radius 2 is 1.81 bits per heavy atom. The van der Waals surface area contributed by atoms with Crippen molar-refractivity contribution in [1.29, 1.82) is 0 Å². The Bertz CT molecular complexity index is 219. The predicted octanol–water partition coefficient (Wildman–Crippen LogP) is 2.44. The van der Waals surface area contributed by atoms with Crippen molar-refractivity contribution >= 4 is 0 Å². The average molecular weight is 222 g/mol. The van der Waals surface area contributed by atoms with Gasteiger partial charge in [-0.05, 0) is 18.3 Å². The number of hydrogen-bond donors (Lipinski definition) is 1. The van der Waals surface area contributed by atoms with Gasteiger partial charge in [0.15, 0.2) is 0 Å². The van der Waals surface area contributed by atoms with E-state index in [0.717, 1.165) is 32.2 Å². The number of nitrogens with zero attached hydrogens (tertiary/aromatic N) is 1. The van der Waals surface area contributed by atoms with Crippen molar-refractivity contribution in [3.8, 4) is 0 Å². The van der Waals surface area contributed by atoms with Crippen LogP contribution in [0.5, 0.6) is 0 Å². The summed E-state index contributed by atoms with van der Waals surface area (Å²) in [6.45, 7) is 16.3. The van der Waals surface area contributed by atoms with E-state index in [1.807, 2.05) is 12.2 Å². The van der Waals surface area contributed by atoms with Gasteiger partial charge in [-0.25, -0.2) is 0 Å². The topological polar surface area (TPSA) is 15.3 Å². The van der Waals surface area contributed by atoms with Crippen LogP contribution < -0.4 is 5.32 Å². The minimum absolute atomic E-state index is 0.314. The van der Waals surface area contributed by atoms with E-state index in [0.29, 0.717) is 5.41 Å². The fraction of sp³-hybridized carbons (Fsp3) is 0.714. The highest BCUT2D eigenvalue weighted by atomic mass is 15.1. The van der Waals surface area contributed by atoms with Gasteiger partial charge in [0.1, 0.15) is 0 Å². The maximum atomic E-state index is 3.81. The van der Waals surface area contributed by atoms with Crippen LogP contribution in [-0.4, -0.2) is 37.1 Å². The average Bonchev–Trinajstić information content (AvgIpc) is 2.98. The normalized spacial score (nSPS) is 16.4. The van der Waals surface area contributed by atoms with Crippen LogP contribution in [0.4, 0.5) is 0 Å². The maximum absolute atomic E-state index is 3.81. The van der Waals surface area contributed by atoms with E-state index in [1.165, 1.54) is 12.8 Å². The first-order chi connectivity index (χ1) is 7.57. The molecule has 1 aliphatic rings. The van der Waals surface area contributed by atoms with Crippen molar-refractivity contribution in [1.82, 2.24) is 10.2 Å². The summed E-state index contributed by atoms with van der Waals surface area (Å²) in [5.74, 6) is 0. The van der Waals surface area contributed by atoms with E-state index < -0.39 is 0 Å². The lowest BCUT2D eigenvalue weighted by Crippen LogP contribution is -2.41. The Kier molecular flexibility index (Phi) is 5.23. The fourth-order valence-corrected chi connectivity index (χ4v) is 1.94. The van der Waals surface area contributed by atoms with Gasteiger partial charge in [0.2, 0.25) is 0 Å². The molecule has 92 valence electrons. The molecule has 0 atom stereocenters. The Morgan fingerprint density at radius 3 is 2.25 bits per heavy atom. The molecular formula is C14H26N2. The second-order valence-electron chi connectivity index (χ2n) is 5.59. The monoisotopic (exact) mass is 222 g/mol. The molecule has 0 aliphatic heterocycles. The first-order valence-corrected chi connectivity index (χ1v) is 6.25. The van der Waals surface area contributed by atoms with E-state index in [9.17, 15) is 0 Å². The molecule has 0 aromatic rings. The van der Waals surface area contributed by atoms with Gasteiger partial charge < -0.3 is 5.32 Å². The molecule has 0 aromatic heterocycles. The smallest absolute Gasteiger partial charge is 0.0164 e. The standard InChI is InChI=1S/C14H26N2/c1-5-9-16(10-6-2)12-14(3,4)11-15-13-7-8-13/h5-6,13,15H,1-2,7-12H2,3-4H3. The molecule has 16 heavy (non-hydrogen) atoms. The highest BCUT2D eigenvalue weighted by molar-refractivity contribution is 4.87. The molecule has 1 N–H and O–H groups in total. The zero-order valence-corrected chi connectivity index (χ0v) is 10.8. The quantitative estimate of drug-likeness (QED) is 0.603. The lowest BCUT2D eigenvalue weighted by atomic mass is 9.92. The van der Waals surface area contributed by atoms with Crippen LogP contribution in [0.15, 0.2) is 25.3 Å². The van der Waals surface area contributed by atoms with Crippen molar-refractivity contribution in [3.05, 3.63) is 25.3 Å². The van der Waals surface area contributed by atoms with Gasteiger partial charge in [-0.15, -0.1) is 13.2 Å². The lowest BCUT2D eigenvalue weighted by Gasteiger charge is -2.32. The van der Waals surface area contributed by atoms with Crippen LogP contribution in [0.3, 0.4) is 0 Å². The third-order valence-corrected chi connectivity index (χ3v) is 2.87. The summed E-state index contributed by atoms with van der Waals surface area (Å²) in [6.07, 6.45) is 6.65. The van der Waals surface area contributed by atoms with E-state index >= 15 is 0 Å². The first-order valence-electron chi connectivity index (χ1n) is 6.25. The molecule has 1 aliphatic carbocycles. The van der Waals surface area contributed by atoms with Crippen LogP contribution in [-0.2, 0) is 0 Å². The van der Waals surface area contributed by atoms with Crippen LogP contribution in [0.25, 0.3) is 0 Å². The summed E-state index contributed by atoms with van der Waals surface area (Å²) in [5.41, 5.74) is 0.314. The van der Waals surface area contributed by atoms with Gasteiger partial charge in [0, 0.05) is 32.2 Å². The summed E-state index contributed by atoms with van der Waals surface area (Å²) in [7, 11) is 0. The van der Waals surface area contributed by atoms with Gasteiger partial charge in [-0.3, -0.25) is 4.90 Å². The van der Waals surface area contributed by atoms with Gasteiger partial charge in [-0.1, -0.05) is 26.0 Å². The third-order valence-electron chi connectivity index (χ3n) is 2.87. The summed E-state index contributed by atoms with van der Waals surface area (Å²) >= 11 is 0. The molecule has 0 bridgehead atoms. The highest BCUT2D eigenvalue weighted by Crippen LogP contribution is 2.22. The Hall–Kier alpha value is -0.600. The fourth-order valence-electron chi connectivity index (χ4n) is 1.94. The van der Waals surface area contributed by atoms with Gasteiger partial charge in [0.05, 0.1) is 0 Å². The Balaban J connectivity index is 2.32. The molecule has 2 nitrogen and oxygen atoms in total. The largest absolute Gasteiger partial charge is 0.313 e. The number of nitrogens with one attached hydrogen (secondary N) is 1. The second kappa shape index (κ2) is 6.21. The zero-order chi connectivity index (χ0) is 12.0. The van der Waals surface area contributed by atoms with Crippen molar-refractivity contribution in [3.63, 3.8) is 0 Å². The van der Waals surface area contributed by atoms with Crippen LogP contribution in [0, 0.1) is 5.41 Å². The summed E-state index contributed by atoms with van der Waals surface area (Å²) < 4.78 is 0. The van der Waals surface area contributed by atoms with Crippen LogP contribution in [0.1, 0.15) is 26.7 Å². The predicted molar refractivity (Wildman–Crippen MR) is 71.6 cm³/mol. The zero-order valence-electron chi connectivity index (χ0n) is 10.8. The molecule has 1 saturated carbocycles. The van der Waals surface area contributed by atoms with Crippen LogP contribution in [0.2, 0.25) is 0 Å². The van der Waals surface area contributed by atoms with Gasteiger partial charge in [-0.2, -0.15) is 0 Å².